The molecule has 3 rings (SSSR count). The van der Waals surface area contributed by atoms with Gasteiger partial charge in [0, 0.05) is 18.9 Å². The van der Waals surface area contributed by atoms with Crippen LogP contribution in [0.4, 0.5) is 0 Å². The number of ether oxygens (including phenoxy) is 1. The van der Waals surface area contributed by atoms with Gasteiger partial charge < -0.3 is 35.3 Å². The van der Waals surface area contributed by atoms with Gasteiger partial charge in [-0.05, 0) is 30.8 Å². The van der Waals surface area contributed by atoms with Crippen LogP contribution in [0.3, 0.4) is 0 Å². The van der Waals surface area contributed by atoms with Gasteiger partial charge in [0.1, 0.15) is 23.2 Å². The lowest BCUT2D eigenvalue weighted by atomic mass is 9.78. The number of likely N-dealkylation sites (tertiary alicyclic amines) is 1. The van der Waals surface area contributed by atoms with Crippen LogP contribution in [0.15, 0.2) is 12.1 Å². The molecule has 0 spiro atoms. The van der Waals surface area contributed by atoms with Crippen LogP contribution in [-0.4, -0.2) is 70.3 Å². The van der Waals surface area contributed by atoms with Crippen molar-refractivity contribution in [1.29, 1.82) is 0 Å². The first-order chi connectivity index (χ1) is 13.7. The number of rotatable bonds is 8. The molecule has 0 bridgehead atoms. The molecule has 2 heterocycles. The molecule has 156 valence electrons. The molecule has 2 aliphatic heterocycles. The number of fused-ring (bicyclic) bond motifs is 1. The summed E-state index contributed by atoms with van der Waals surface area (Å²) in [4.78, 5) is 36.0. The molecule has 5 N–H and O–H groups in total. The minimum Gasteiger partial charge on any atom is -0.535 e. The number of aliphatic carboxylic acids is 1. The van der Waals surface area contributed by atoms with Gasteiger partial charge in [-0.1, -0.05) is 6.07 Å². The third kappa shape index (κ3) is 4.98. The molecule has 0 aromatic heterocycles. The molecule has 1 aromatic carbocycles. The number of nitrogens with zero attached hydrogens (tertiary/aromatic N) is 1. The summed E-state index contributed by atoms with van der Waals surface area (Å²) in [6.45, 7) is 0.564. The molecule has 1 aromatic rings. The minimum atomic E-state index is -1.22. The molecule has 0 aliphatic carbocycles. The monoisotopic (exact) mass is 406 g/mol. The van der Waals surface area contributed by atoms with Gasteiger partial charge in [-0.25, -0.2) is 4.79 Å². The molecule has 0 saturated carbocycles. The first kappa shape index (κ1) is 20.9. The van der Waals surface area contributed by atoms with E-state index in [1.807, 2.05) is 0 Å². The van der Waals surface area contributed by atoms with Crippen LogP contribution in [0.5, 0.6) is 11.5 Å². The molecular formula is C18H23BN2O8. The van der Waals surface area contributed by atoms with Crippen molar-refractivity contribution >= 4 is 25.0 Å². The quantitative estimate of drug-likeness (QED) is 0.435. The predicted molar refractivity (Wildman–Crippen MR) is 101 cm³/mol. The second-order valence-electron chi connectivity index (χ2n) is 7.28. The van der Waals surface area contributed by atoms with Crippen LogP contribution in [0.25, 0.3) is 0 Å². The Balaban J connectivity index is 1.57. The van der Waals surface area contributed by atoms with Gasteiger partial charge in [0.15, 0.2) is 0 Å². The van der Waals surface area contributed by atoms with Crippen LogP contribution in [0.1, 0.15) is 35.2 Å². The topological polar surface area (TPSA) is 160 Å². The SMILES string of the molecule is NC(CCC(=O)O)CC(=O)N1CC(Oc2ccc3c(c2C(=O)O)OB(O)CC3)C1. The summed E-state index contributed by atoms with van der Waals surface area (Å²) >= 11 is 0. The van der Waals surface area contributed by atoms with Crippen LogP contribution in [0, 0.1) is 0 Å². The predicted octanol–water partition coefficient (Wildman–Crippen LogP) is -0.0280. The van der Waals surface area contributed by atoms with E-state index in [0.717, 1.165) is 0 Å². The molecular weight excluding hydrogens is 383 g/mol. The molecule has 29 heavy (non-hydrogen) atoms. The number of hydrogen-bond acceptors (Lipinski definition) is 7. The average Bonchev–Trinajstić information content (AvgIpc) is 2.61. The normalized spacial score (nSPS) is 17.0. The first-order valence-corrected chi connectivity index (χ1v) is 9.40. The van der Waals surface area contributed by atoms with Gasteiger partial charge in [-0.2, -0.15) is 0 Å². The summed E-state index contributed by atoms with van der Waals surface area (Å²) in [5, 5.41) is 27.9. The Hall–Kier alpha value is -2.79. The fourth-order valence-corrected chi connectivity index (χ4v) is 3.37. The zero-order valence-electron chi connectivity index (χ0n) is 15.7. The Morgan fingerprint density at radius 3 is 2.69 bits per heavy atom. The van der Waals surface area contributed by atoms with Crippen molar-refractivity contribution in [3.63, 3.8) is 0 Å². The molecule has 1 atom stereocenters. The summed E-state index contributed by atoms with van der Waals surface area (Å²) < 4.78 is 11.1. The second-order valence-corrected chi connectivity index (χ2v) is 7.28. The van der Waals surface area contributed by atoms with E-state index in [9.17, 15) is 24.5 Å². The number of carboxylic acids is 2. The molecule has 0 radical (unpaired) electrons. The molecule has 1 unspecified atom stereocenters. The minimum absolute atomic E-state index is 0.0466. The Morgan fingerprint density at radius 1 is 1.31 bits per heavy atom. The number of aryl methyl sites for hydroxylation is 1. The molecule has 1 amide bonds. The van der Waals surface area contributed by atoms with Gasteiger partial charge in [-0.3, -0.25) is 9.59 Å². The number of carboxylic acid groups (broad SMARTS) is 2. The highest BCUT2D eigenvalue weighted by Crippen LogP contribution is 2.37. The van der Waals surface area contributed by atoms with Crippen molar-refractivity contribution < 1.29 is 39.0 Å². The maximum absolute atomic E-state index is 12.2. The van der Waals surface area contributed by atoms with Crippen LogP contribution in [-0.2, 0) is 16.0 Å². The van der Waals surface area contributed by atoms with Crippen molar-refractivity contribution in [2.45, 2.75) is 44.1 Å². The van der Waals surface area contributed by atoms with Crippen molar-refractivity contribution in [2.24, 2.45) is 5.73 Å². The van der Waals surface area contributed by atoms with Gasteiger partial charge in [-0.15, -0.1) is 0 Å². The van der Waals surface area contributed by atoms with Crippen LogP contribution < -0.4 is 15.1 Å². The van der Waals surface area contributed by atoms with E-state index in [-0.39, 0.29) is 61.4 Å². The Labute approximate surface area is 167 Å². The van der Waals surface area contributed by atoms with Crippen molar-refractivity contribution in [3.05, 3.63) is 23.3 Å². The standard InChI is InChI=1S/C18H23BN2O8/c20-11(2-4-15(23)24)7-14(22)21-8-12(9-21)28-13-3-1-10-5-6-19(27)29-17(10)16(13)18(25)26/h1,3,11-12,27H,2,4-9,20H2,(H,23,24)(H,25,26). The van der Waals surface area contributed by atoms with E-state index in [1.54, 1.807) is 12.1 Å². The average molecular weight is 406 g/mol. The number of carbonyl (C=O) groups excluding carboxylic acids is 1. The summed E-state index contributed by atoms with van der Waals surface area (Å²) in [6.07, 6.45) is 0.695. The summed E-state index contributed by atoms with van der Waals surface area (Å²) in [5.74, 6) is -2.13. The molecule has 11 heteroatoms. The largest absolute Gasteiger partial charge is 0.535 e. The summed E-state index contributed by atoms with van der Waals surface area (Å²) in [7, 11) is -1.06. The van der Waals surface area contributed by atoms with E-state index in [0.29, 0.717) is 18.3 Å². The highest BCUT2D eigenvalue weighted by molar-refractivity contribution is 6.44. The second kappa shape index (κ2) is 8.70. The number of amides is 1. The van der Waals surface area contributed by atoms with E-state index >= 15 is 0 Å². The number of hydrogen-bond donors (Lipinski definition) is 4. The van der Waals surface area contributed by atoms with Gasteiger partial charge in [0.25, 0.3) is 0 Å². The van der Waals surface area contributed by atoms with Crippen LogP contribution >= 0.6 is 0 Å². The van der Waals surface area contributed by atoms with Crippen molar-refractivity contribution in [3.8, 4) is 11.5 Å². The molecule has 1 fully saturated rings. The van der Waals surface area contributed by atoms with Crippen molar-refractivity contribution in [2.75, 3.05) is 13.1 Å². The summed E-state index contributed by atoms with van der Waals surface area (Å²) in [6, 6.07) is 2.75. The van der Waals surface area contributed by atoms with Gasteiger partial charge in [0.05, 0.1) is 13.1 Å². The van der Waals surface area contributed by atoms with Gasteiger partial charge in [0.2, 0.25) is 5.91 Å². The van der Waals surface area contributed by atoms with Gasteiger partial charge >= 0.3 is 19.1 Å². The van der Waals surface area contributed by atoms with Crippen molar-refractivity contribution in [1.82, 2.24) is 4.90 Å². The molecule has 10 nitrogen and oxygen atoms in total. The smallest absolute Gasteiger partial charge is 0.522 e. The summed E-state index contributed by atoms with van der Waals surface area (Å²) in [5.41, 5.74) is 6.34. The third-order valence-electron chi connectivity index (χ3n) is 4.99. The zero-order valence-corrected chi connectivity index (χ0v) is 15.7. The Kier molecular flexibility index (Phi) is 6.28. The lowest BCUT2D eigenvalue weighted by Crippen LogP contribution is -2.57. The highest BCUT2D eigenvalue weighted by atomic mass is 16.5. The zero-order chi connectivity index (χ0) is 21.1. The molecule has 2 aliphatic rings. The fourth-order valence-electron chi connectivity index (χ4n) is 3.37. The lowest BCUT2D eigenvalue weighted by Gasteiger charge is -2.39. The van der Waals surface area contributed by atoms with E-state index < -0.39 is 25.1 Å². The molecule has 1 saturated heterocycles. The number of aromatic carboxylic acids is 1. The first-order valence-electron chi connectivity index (χ1n) is 9.40. The van der Waals surface area contributed by atoms with E-state index in [2.05, 4.69) is 0 Å². The number of benzene rings is 1. The Morgan fingerprint density at radius 2 is 2.03 bits per heavy atom. The highest BCUT2D eigenvalue weighted by Gasteiger charge is 2.35. The number of nitrogens with two attached hydrogens (primary N) is 1. The van der Waals surface area contributed by atoms with E-state index in [1.165, 1.54) is 4.90 Å². The Bertz CT molecular complexity index is 811. The van der Waals surface area contributed by atoms with E-state index in [4.69, 9.17) is 20.2 Å². The fraction of sp³-hybridized carbons (Fsp3) is 0.500. The maximum Gasteiger partial charge on any atom is 0.522 e. The third-order valence-corrected chi connectivity index (χ3v) is 4.99. The lowest BCUT2D eigenvalue weighted by molar-refractivity contribution is -0.141. The van der Waals surface area contributed by atoms with Crippen LogP contribution in [0.2, 0.25) is 6.32 Å². The maximum atomic E-state index is 12.2. The number of carbonyl (C=O) groups is 3.